The molecule has 0 spiro atoms. The molecule has 0 unspecified atom stereocenters. The number of hydrogen-bond donors (Lipinski definition) is 1. The number of hydrogen-bond acceptors (Lipinski definition) is 9. The first-order chi connectivity index (χ1) is 17.2. The molecule has 182 valence electrons. The Bertz CT molecular complexity index is 1440. The van der Waals surface area contributed by atoms with Gasteiger partial charge in [-0.05, 0) is 35.4 Å². The maximum Gasteiger partial charge on any atom is 0.324 e. The Labute approximate surface area is 203 Å². The van der Waals surface area contributed by atoms with E-state index in [1.54, 1.807) is 7.11 Å². The number of phenols is 1. The molecule has 0 atom stereocenters. The number of aromatic nitrogens is 1. The lowest BCUT2D eigenvalue weighted by Gasteiger charge is -2.04. The molecule has 1 heterocycles. The maximum absolute atomic E-state index is 10.4. The van der Waals surface area contributed by atoms with Gasteiger partial charge in [-0.2, -0.15) is 0 Å². The molecule has 0 bridgehead atoms. The van der Waals surface area contributed by atoms with Crippen LogP contribution in [0.3, 0.4) is 0 Å². The van der Waals surface area contributed by atoms with Crippen LogP contribution < -0.4 is 4.74 Å². The SMILES string of the molecule is COc1ccc2nccc(C=Cc3ccccc3)c2c1.O=[N+]([O-])c1cc([N+](=O)[O-])c(O)c([N+](=O)[O-])c1. The number of benzene rings is 3. The van der Waals surface area contributed by atoms with Crippen LogP contribution in [0.1, 0.15) is 11.1 Å². The minimum Gasteiger partial charge on any atom is -0.497 e. The van der Waals surface area contributed by atoms with Crippen molar-refractivity contribution in [1.29, 1.82) is 0 Å². The lowest BCUT2D eigenvalue weighted by atomic mass is 10.1. The number of ether oxygens (including phenoxy) is 1. The van der Waals surface area contributed by atoms with Gasteiger partial charge in [-0.25, -0.2) is 0 Å². The summed E-state index contributed by atoms with van der Waals surface area (Å²) in [6.45, 7) is 0. The highest BCUT2D eigenvalue weighted by Crippen LogP contribution is 2.39. The average Bonchev–Trinajstić information content (AvgIpc) is 2.87. The number of fused-ring (bicyclic) bond motifs is 1. The fraction of sp³-hybridized carbons (Fsp3) is 0.0417. The second-order valence-corrected chi connectivity index (χ2v) is 7.13. The summed E-state index contributed by atoms with van der Waals surface area (Å²) in [7, 11) is 1.68. The van der Waals surface area contributed by atoms with Gasteiger partial charge in [0, 0.05) is 11.6 Å². The van der Waals surface area contributed by atoms with Crippen molar-refractivity contribution in [3.63, 3.8) is 0 Å². The zero-order valence-corrected chi connectivity index (χ0v) is 18.7. The van der Waals surface area contributed by atoms with Crippen molar-refractivity contribution in [3.8, 4) is 11.5 Å². The summed E-state index contributed by atoms with van der Waals surface area (Å²) in [6.07, 6.45) is 6.05. The van der Waals surface area contributed by atoms with E-state index in [4.69, 9.17) is 9.84 Å². The first-order valence-corrected chi connectivity index (χ1v) is 10.2. The quantitative estimate of drug-likeness (QED) is 0.269. The summed E-state index contributed by atoms with van der Waals surface area (Å²) in [5, 5.41) is 41.3. The predicted molar refractivity (Wildman–Crippen MR) is 132 cm³/mol. The summed E-state index contributed by atoms with van der Waals surface area (Å²) in [6, 6.07) is 19.1. The molecular formula is C24H18N4O8. The Morgan fingerprint density at radius 2 is 1.47 bits per heavy atom. The Kier molecular flexibility index (Phi) is 7.82. The van der Waals surface area contributed by atoms with Crippen molar-refractivity contribution in [2.75, 3.05) is 7.11 Å². The van der Waals surface area contributed by atoms with Crippen molar-refractivity contribution < 1.29 is 24.6 Å². The van der Waals surface area contributed by atoms with Gasteiger partial charge in [0.2, 0.25) is 0 Å². The number of pyridine rings is 1. The third-order valence-electron chi connectivity index (χ3n) is 4.90. The lowest BCUT2D eigenvalue weighted by molar-refractivity contribution is -0.404. The molecule has 0 fully saturated rings. The number of non-ortho nitro benzene ring substituents is 1. The summed E-state index contributed by atoms with van der Waals surface area (Å²) in [4.78, 5) is 32.2. The first kappa shape index (κ1) is 25.2. The van der Waals surface area contributed by atoms with E-state index in [9.17, 15) is 30.3 Å². The second-order valence-electron chi connectivity index (χ2n) is 7.13. The number of nitro groups is 3. The number of rotatable bonds is 6. The van der Waals surface area contributed by atoms with Crippen LogP contribution in [0.15, 0.2) is 72.9 Å². The molecule has 0 radical (unpaired) electrons. The number of nitro benzene ring substituents is 3. The topological polar surface area (TPSA) is 172 Å². The van der Waals surface area contributed by atoms with Gasteiger partial charge in [-0.1, -0.05) is 42.5 Å². The second kappa shape index (κ2) is 11.2. The third kappa shape index (κ3) is 5.94. The third-order valence-corrected chi connectivity index (χ3v) is 4.90. The van der Waals surface area contributed by atoms with Crippen LogP contribution in [0.25, 0.3) is 23.1 Å². The van der Waals surface area contributed by atoms with E-state index in [1.165, 1.54) is 5.56 Å². The standard InChI is InChI=1S/C18H15NO.C6H3N3O7/c1-20-16-9-10-18-17(13-16)15(11-12-19-18)8-7-14-5-3-2-4-6-14;10-6-4(8(13)14)1-3(7(11)12)2-5(6)9(15)16/h2-13H,1H3;1-2,10H. The summed E-state index contributed by atoms with van der Waals surface area (Å²) < 4.78 is 5.29. The van der Waals surface area contributed by atoms with E-state index in [2.05, 4.69) is 29.3 Å². The summed E-state index contributed by atoms with van der Waals surface area (Å²) >= 11 is 0. The van der Waals surface area contributed by atoms with Crippen molar-refractivity contribution in [2.45, 2.75) is 0 Å². The molecule has 4 rings (SSSR count). The Balaban J connectivity index is 0.000000207. The van der Waals surface area contributed by atoms with Crippen LogP contribution >= 0.6 is 0 Å². The minimum atomic E-state index is -1.21. The van der Waals surface area contributed by atoms with Gasteiger partial charge in [0.05, 0.1) is 39.5 Å². The highest BCUT2D eigenvalue weighted by atomic mass is 16.6. The van der Waals surface area contributed by atoms with Crippen LogP contribution in [0, 0.1) is 30.3 Å². The molecule has 0 saturated carbocycles. The van der Waals surface area contributed by atoms with Gasteiger partial charge in [0.15, 0.2) is 0 Å². The monoisotopic (exact) mass is 490 g/mol. The zero-order valence-electron chi connectivity index (χ0n) is 18.7. The number of aromatic hydroxyl groups is 1. The van der Waals surface area contributed by atoms with Crippen molar-refractivity contribution in [1.82, 2.24) is 4.98 Å². The molecule has 36 heavy (non-hydrogen) atoms. The molecule has 0 amide bonds. The van der Waals surface area contributed by atoms with Gasteiger partial charge in [0.25, 0.3) is 11.4 Å². The van der Waals surface area contributed by atoms with Crippen molar-refractivity contribution in [3.05, 3.63) is 114 Å². The molecule has 12 nitrogen and oxygen atoms in total. The van der Waals surface area contributed by atoms with Gasteiger partial charge in [-0.3, -0.25) is 35.3 Å². The Morgan fingerprint density at radius 1 is 0.833 bits per heavy atom. The molecule has 12 heteroatoms. The predicted octanol–water partition coefficient (Wildman–Crippen LogP) is 5.53. The highest BCUT2D eigenvalue weighted by Gasteiger charge is 2.30. The molecule has 0 aliphatic rings. The number of phenolic OH excluding ortho intramolecular Hbond substituents is 1. The van der Waals surface area contributed by atoms with E-state index in [0.717, 1.165) is 22.2 Å². The largest absolute Gasteiger partial charge is 0.497 e. The van der Waals surface area contributed by atoms with Gasteiger partial charge in [-0.15, -0.1) is 0 Å². The van der Waals surface area contributed by atoms with Crippen LogP contribution in [-0.2, 0) is 0 Å². The van der Waals surface area contributed by atoms with E-state index >= 15 is 0 Å². The fourth-order valence-corrected chi connectivity index (χ4v) is 3.14. The molecule has 4 aromatic rings. The minimum absolute atomic E-state index is 0.447. The maximum atomic E-state index is 10.4. The van der Waals surface area contributed by atoms with Crippen LogP contribution in [0.2, 0.25) is 0 Å². The number of nitrogens with zero attached hydrogens (tertiary/aromatic N) is 4. The first-order valence-electron chi connectivity index (χ1n) is 10.2. The molecular weight excluding hydrogens is 472 g/mol. The van der Waals surface area contributed by atoms with E-state index in [1.807, 2.05) is 48.7 Å². The van der Waals surface area contributed by atoms with Gasteiger partial charge < -0.3 is 9.84 Å². The number of methoxy groups -OCH3 is 1. The van der Waals surface area contributed by atoms with E-state index in [0.29, 0.717) is 12.1 Å². The molecule has 1 N–H and O–H groups in total. The van der Waals surface area contributed by atoms with Crippen LogP contribution in [0.4, 0.5) is 17.1 Å². The molecule has 3 aromatic carbocycles. The molecule has 0 aliphatic heterocycles. The fourth-order valence-electron chi connectivity index (χ4n) is 3.14. The van der Waals surface area contributed by atoms with Crippen LogP contribution in [-0.4, -0.2) is 32.0 Å². The van der Waals surface area contributed by atoms with E-state index in [-0.39, 0.29) is 0 Å². The summed E-state index contributed by atoms with van der Waals surface area (Å²) in [5.74, 6) is -0.361. The van der Waals surface area contributed by atoms with E-state index < -0.39 is 37.6 Å². The Morgan fingerprint density at radius 3 is 2.03 bits per heavy atom. The van der Waals surface area contributed by atoms with Gasteiger partial charge >= 0.3 is 11.4 Å². The van der Waals surface area contributed by atoms with Crippen LogP contribution in [0.5, 0.6) is 11.5 Å². The molecule has 1 aromatic heterocycles. The van der Waals surface area contributed by atoms with Gasteiger partial charge in [0.1, 0.15) is 5.75 Å². The average molecular weight is 490 g/mol. The molecule has 0 aliphatic carbocycles. The molecule has 0 saturated heterocycles. The normalized spacial score (nSPS) is 10.5. The summed E-state index contributed by atoms with van der Waals surface area (Å²) in [5.41, 5.74) is 0.289. The van der Waals surface area contributed by atoms with Crippen molar-refractivity contribution in [2.24, 2.45) is 0 Å². The van der Waals surface area contributed by atoms with Crippen molar-refractivity contribution >= 4 is 40.1 Å². The highest BCUT2D eigenvalue weighted by molar-refractivity contribution is 5.91. The lowest BCUT2D eigenvalue weighted by Crippen LogP contribution is -1.97. The Hall–Kier alpha value is -5.39. The smallest absolute Gasteiger partial charge is 0.324 e. The zero-order chi connectivity index (χ0) is 26.2.